The Kier molecular flexibility index (Phi) is 7.36. The van der Waals surface area contributed by atoms with Gasteiger partial charge in [-0.1, -0.05) is 153 Å². The maximum atomic E-state index is 5.34. The number of fused-ring (bicyclic) bond motifs is 13. The lowest BCUT2D eigenvalue weighted by Gasteiger charge is -2.24. The SMILES string of the molecule is CC1(C)c2ccccc2-c2cccc(-n3c4ccc(-c5ccc6c(c5)n5c7ccccc7nc5n6-c5cccc(-c6ccc(-c7ccccc7)cc6)c5)cc4n4c5ccccc5nc34)c21. The van der Waals surface area contributed by atoms with Crippen molar-refractivity contribution in [3.8, 4) is 55.9 Å². The first-order chi connectivity index (χ1) is 32.0. The first kappa shape index (κ1) is 36.0. The number of para-hydroxylation sites is 4. The first-order valence-corrected chi connectivity index (χ1v) is 22.3. The molecule has 9 aromatic carbocycles. The van der Waals surface area contributed by atoms with Crippen molar-refractivity contribution < 1.29 is 0 Å². The molecule has 0 radical (unpaired) electrons. The van der Waals surface area contributed by atoms with Gasteiger partial charge in [-0.15, -0.1) is 0 Å². The Hall–Kier alpha value is -8.48. The van der Waals surface area contributed by atoms with Gasteiger partial charge in [0.25, 0.3) is 0 Å². The quantitative estimate of drug-likeness (QED) is 0.173. The van der Waals surface area contributed by atoms with Crippen LogP contribution in [0.2, 0.25) is 0 Å². The van der Waals surface area contributed by atoms with Crippen LogP contribution in [-0.2, 0) is 5.41 Å². The number of imidazole rings is 4. The van der Waals surface area contributed by atoms with Gasteiger partial charge in [-0.3, -0.25) is 17.9 Å². The number of rotatable bonds is 5. The van der Waals surface area contributed by atoms with Crippen LogP contribution in [0.15, 0.2) is 206 Å². The maximum absolute atomic E-state index is 5.34. The topological polar surface area (TPSA) is 44.5 Å². The molecular formula is C59H40N6. The van der Waals surface area contributed by atoms with Crippen LogP contribution < -0.4 is 0 Å². The lowest BCUT2D eigenvalue weighted by Crippen LogP contribution is -2.18. The molecule has 6 nitrogen and oxygen atoms in total. The number of nitrogens with zero attached hydrogens (tertiary/aromatic N) is 6. The molecule has 0 unspecified atom stereocenters. The molecule has 0 saturated heterocycles. The summed E-state index contributed by atoms with van der Waals surface area (Å²) in [5.41, 5.74) is 22.9. The first-order valence-electron chi connectivity index (χ1n) is 22.3. The number of aromatic nitrogens is 6. The van der Waals surface area contributed by atoms with Crippen LogP contribution in [0.1, 0.15) is 25.0 Å². The molecule has 306 valence electrons. The van der Waals surface area contributed by atoms with Crippen LogP contribution in [-0.4, -0.2) is 27.9 Å². The van der Waals surface area contributed by atoms with E-state index in [-0.39, 0.29) is 5.41 Å². The summed E-state index contributed by atoms with van der Waals surface area (Å²) in [4.78, 5) is 10.6. The monoisotopic (exact) mass is 832 g/mol. The van der Waals surface area contributed by atoms with Gasteiger partial charge >= 0.3 is 0 Å². The van der Waals surface area contributed by atoms with Crippen LogP contribution in [0.25, 0.3) is 112 Å². The number of benzene rings is 9. The molecule has 0 N–H and O–H groups in total. The van der Waals surface area contributed by atoms with Crippen LogP contribution in [0.5, 0.6) is 0 Å². The molecule has 0 bridgehead atoms. The fourth-order valence-corrected chi connectivity index (χ4v) is 11.0. The summed E-state index contributed by atoms with van der Waals surface area (Å²) in [6.45, 7) is 4.71. The fraction of sp³-hybridized carbons (Fsp3) is 0.0508. The Morgan fingerprint density at radius 3 is 1.54 bits per heavy atom. The molecule has 65 heavy (non-hydrogen) atoms. The summed E-state index contributed by atoms with van der Waals surface area (Å²) >= 11 is 0. The highest BCUT2D eigenvalue weighted by atomic mass is 15.2. The molecule has 0 saturated carbocycles. The van der Waals surface area contributed by atoms with Crippen molar-refractivity contribution in [1.29, 1.82) is 0 Å². The van der Waals surface area contributed by atoms with Crippen molar-refractivity contribution in [2.24, 2.45) is 0 Å². The van der Waals surface area contributed by atoms with Gasteiger partial charge in [0.05, 0.1) is 49.8 Å². The second kappa shape index (κ2) is 13.3. The smallest absolute Gasteiger partial charge is 0.220 e. The minimum Gasteiger partial charge on any atom is -0.278 e. The Morgan fingerprint density at radius 1 is 0.354 bits per heavy atom. The van der Waals surface area contributed by atoms with Crippen molar-refractivity contribution >= 4 is 55.7 Å². The summed E-state index contributed by atoms with van der Waals surface area (Å²) in [6, 6.07) is 74.6. The molecule has 0 amide bonds. The van der Waals surface area contributed by atoms with Gasteiger partial charge in [-0.05, 0) is 122 Å². The summed E-state index contributed by atoms with van der Waals surface area (Å²) in [7, 11) is 0. The maximum Gasteiger partial charge on any atom is 0.220 e. The van der Waals surface area contributed by atoms with Crippen LogP contribution in [0.4, 0.5) is 0 Å². The molecule has 14 rings (SSSR count). The lowest BCUT2D eigenvalue weighted by atomic mass is 9.81. The standard InChI is InChI=1S/C59H40N6/c1-59(2)46-20-7-6-18-44(46)45-19-13-25-53(56(45)59)65-52-33-31-42(36-55(52)64-50-24-11-9-22-48(50)61-58(64)65)41-30-32-51-54(35-41)63-49-23-10-8-21-47(49)60-57(63)62(51)43-17-12-16-40(34-43)39-28-26-38(27-29-39)37-14-4-3-5-15-37/h3-36H,1-2H3. The van der Waals surface area contributed by atoms with Crippen LogP contribution >= 0.6 is 0 Å². The molecular weight excluding hydrogens is 793 g/mol. The Bertz CT molecular complexity index is 4080. The zero-order chi connectivity index (χ0) is 43.0. The highest BCUT2D eigenvalue weighted by Crippen LogP contribution is 2.51. The average molecular weight is 833 g/mol. The van der Waals surface area contributed by atoms with E-state index < -0.39 is 0 Å². The largest absolute Gasteiger partial charge is 0.278 e. The van der Waals surface area contributed by atoms with Gasteiger partial charge in [0.1, 0.15) is 0 Å². The Balaban J connectivity index is 0.947. The van der Waals surface area contributed by atoms with Crippen molar-refractivity contribution in [2.75, 3.05) is 0 Å². The Morgan fingerprint density at radius 2 is 0.846 bits per heavy atom. The van der Waals surface area contributed by atoms with Gasteiger partial charge in [-0.2, -0.15) is 0 Å². The van der Waals surface area contributed by atoms with Gasteiger partial charge in [0.2, 0.25) is 11.6 Å². The normalized spacial score (nSPS) is 13.2. The van der Waals surface area contributed by atoms with Gasteiger partial charge in [-0.25, -0.2) is 9.97 Å². The zero-order valence-electron chi connectivity index (χ0n) is 35.8. The van der Waals surface area contributed by atoms with Gasteiger partial charge in [0.15, 0.2) is 0 Å². The van der Waals surface area contributed by atoms with Crippen molar-refractivity contribution in [3.63, 3.8) is 0 Å². The van der Waals surface area contributed by atoms with E-state index in [0.29, 0.717) is 0 Å². The number of hydrogen-bond donors (Lipinski definition) is 0. The van der Waals surface area contributed by atoms with Crippen LogP contribution in [0.3, 0.4) is 0 Å². The summed E-state index contributed by atoms with van der Waals surface area (Å²) in [6.07, 6.45) is 0. The predicted octanol–water partition coefficient (Wildman–Crippen LogP) is 14.5. The fourth-order valence-electron chi connectivity index (χ4n) is 11.0. The molecule has 0 spiro atoms. The van der Waals surface area contributed by atoms with E-state index >= 15 is 0 Å². The molecule has 6 heteroatoms. The third kappa shape index (κ3) is 5.10. The third-order valence-electron chi connectivity index (χ3n) is 14.0. The van der Waals surface area contributed by atoms with Gasteiger partial charge in [0, 0.05) is 11.1 Å². The van der Waals surface area contributed by atoms with E-state index in [1.54, 1.807) is 0 Å². The molecule has 0 atom stereocenters. The van der Waals surface area contributed by atoms with E-state index in [1.165, 1.54) is 38.9 Å². The average Bonchev–Trinajstić information content (AvgIpc) is 4.14. The summed E-state index contributed by atoms with van der Waals surface area (Å²) in [5, 5.41) is 0. The molecule has 0 fully saturated rings. The summed E-state index contributed by atoms with van der Waals surface area (Å²) < 4.78 is 9.37. The molecule has 1 aliphatic rings. The summed E-state index contributed by atoms with van der Waals surface area (Å²) in [5.74, 6) is 1.79. The second-order valence-corrected chi connectivity index (χ2v) is 17.9. The predicted molar refractivity (Wildman–Crippen MR) is 266 cm³/mol. The highest BCUT2D eigenvalue weighted by Gasteiger charge is 2.38. The van der Waals surface area contributed by atoms with Crippen molar-refractivity contribution in [3.05, 3.63) is 217 Å². The van der Waals surface area contributed by atoms with E-state index in [9.17, 15) is 0 Å². The molecule has 0 aliphatic heterocycles. The van der Waals surface area contributed by atoms with E-state index in [2.05, 4.69) is 238 Å². The second-order valence-electron chi connectivity index (χ2n) is 17.9. The Labute approximate surface area is 374 Å². The van der Waals surface area contributed by atoms with Crippen LogP contribution in [0, 0.1) is 0 Å². The molecule has 13 aromatic rings. The minimum atomic E-state index is -0.188. The third-order valence-corrected chi connectivity index (χ3v) is 14.0. The van der Waals surface area contributed by atoms with E-state index in [0.717, 1.165) is 83.8 Å². The van der Waals surface area contributed by atoms with E-state index in [4.69, 9.17) is 9.97 Å². The molecule has 4 heterocycles. The zero-order valence-corrected chi connectivity index (χ0v) is 35.8. The number of hydrogen-bond acceptors (Lipinski definition) is 2. The van der Waals surface area contributed by atoms with Gasteiger partial charge < -0.3 is 0 Å². The lowest BCUT2D eigenvalue weighted by molar-refractivity contribution is 0.656. The molecule has 4 aromatic heterocycles. The minimum absolute atomic E-state index is 0.188. The van der Waals surface area contributed by atoms with E-state index in [1.807, 2.05) is 0 Å². The van der Waals surface area contributed by atoms with Crippen molar-refractivity contribution in [2.45, 2.75) is 19.3 Å². The molecule has 1 aliphatic carbocycles. The van der Waals surface area contributed by atoms with Crippen molar-refractivity contribution in [1.82, 2.24) is 27.9 Å². The highest BCUT2D eigenvalue weighted by molar-refractivity contribution is 5.98.